The topological polar surface area (TPSA) is 24.9 Å². The molecule has 18 heavy (non-hydrogen) atoms. The smallest absolute Gasteiger partial charge is 0.0299 e. The Labute approximate surface area is 111 Å². The molecule has 0 aliphatic heterocycles. The average Bonchev–Trinajstić information content (AvgIpc) is 2.90. The maximum atomic E-state index is 4.19. The SMILES string of the molecule is CCNC(CCc1cccnc1)CC1CCCC1. The first kappa shape index (κ1) is 13.5. The minimum absolute atomic E-state index is 0.693. The number of aromatic nitrogens is 1. The van der Waals surface area contributed by atoms with Crippen LogP contribution in [0.25, 0.3) is 0 Å². The highest BCUT2D eigenvalue weighted by molar-refractivity contribution is 5.08. The molecule has 1 aliphatic carbocycles. The van der Waals surface area contributed by atoms with Crippen molar-refractivity contribution in [3.63, 3.8) is 0 Å². The van der Waals surface area contributed by atoms with E-state index in [1.807, 2.05) is 18.5 Å². The second kappa shape index (κ2) is 7.52. The lowest BCUT2D eigenvalue weighted by Crippen LogP contribution is -2.31. The van der Waals surface area contributed by atoms with Crippen molar-refractivity contribution >= 4 is 0 Å². The molecule has 100 valence electrons. The van der Waals surface area contributed by atoms with Gasteiger partial charge in [0.2, 0.25) is 0 Å². The number of nitrogens with zero attached hydrogens (tertiary/aromatic N) is 1. The molecule has 0 amide bonds. The van der Waals surface area contributed by atoms with Crippen molar-refractivity contribution in [2.75, 3.05) is 6.54 Å². The molecule has 1 N–H and O–H groups in total. The lowest BCUT2D eigenvalue weighted by Gasteiger charge is -2.21. The fraction of sp³-hybridized carbons (Fsp3) is 0.688. The highest BCUT2D eigenvalue weighted by Crippen LogP contribution is 2.29. The molecule has 1 aliphatic rings. The van der Waals surface area contributed by atoms with E-state index in [4.69, 9.17) is 0 Å². The fourth-order valence-corrected chi connectivity index (χ4v) is 3.13. The molecule has 1 saturated carbocycles. The van der Waals surface area contributed by atoms with Crippen LogP contribution in [0.2, 0.25) is 0 Å². The quantitative estimate of drug-likeness (QED) is 0.795. The van der Waals surface area contributed by atoms with Gasteiger partial charge in [-0.3, -0.25) is 4.98 Å². The van der Waals surface area contributed by atoms with Crippen molar-refractivity contribution in [1.29, 1.82) is 0 Å². The van der Waals surface area contributed by atoms with Crippen LogP contribution in [0.15, 0.2) is 24.5 Å². The molecule has 1 atom stereocenters. The third kappa shape index (κ3) is 4.41. The van der Waals surface area contributed by atoms with Crippen molar-refractivity contribution in [1.82, 2.24) is 10.3 Å². The molecule has 0 spiro atoms. The monoisotopic (exact) mass is 246 g/mol. The summed E-state index contributed by atoms with van der Waals surface area (Å²) in [6.45, 7) is 3.30. The Hall–Kier alpha value is -0.890. The number of nitrogens with one attached hydrogen (secondary N) is 1. The van der Waals surface area contributed by atoms with Crippen LogP contribution in [0.3, 0.4) is 0 Å². The van der Waals surface area contributed by atoms with E-state index in [2.05, 4.69) is 23.3 Å². The molecular weight excluding hydrogens is 220 g/mol. The second-order valence-corrected chi connectivity index (χ2v) is 5.54. The number of pyridine rings is 1. The summed E-state index contributed by atoms with van der Waals surface area (Å²) in [5.74, 6) is 0.975. The standard InChI is InChI=1S/C16H26N2/c1-2-18-16(12-14-6-3-4-7-14)10-9-15-8-5-11-17-13-15/h5,8,11,13-14,16,18H,2-4,6-7,9-10,12H2,1H3. The summed E-state index contributed by atoms with van der Waals surface area (Å²) in [7, 11) is 0. The highest BCUT2D eigenvalue weighted by atomic mass is 14.9. The van der Waals surface area contributed by atoms with Gasteiger partial charge in [-0.05, 0) is 43.4 Å². The lowest BCUT2D eigenvalue weighted by molar-refractivity contribution is 0.376. The van der Waals surface area contributed by atoms with E-state index < -0.39 is 0 Å². The molecule has 1 unspecified atom stereocenters. The van der Waals surface area contributed by atoms with Gasteiger partial charge in [-0.1, -0.05) is 38.7 Å². The maximum absolute atomic E-state index is 4.19. The third-order valence-corrected chi connectivity index (χ3v) is 4.09. The minimum Gasteiger partial charge on any atom is -0.314 e. The third-order valence-electron chi connectivity index (χ3n) is 4.09. The maximum Gasteiger partial charge on any atom is 0.0299 e. The normalized spacial score (nSPS) is 18.1. The summed E-state index contributed by atoms with van der Waals surface area (Å²) < 4.78 is 0. The highest BCUT2D eigenvalue weighted by Gasteiger charge is 2.19. The van der Waals surface area contributed by atoms with Gasteiger partial charge in [0.05, 0.1) is 0 Å². The van der Waals surface area contributed by atoms with Crippen LogP contribution in [-0.4, -0.2) is 17.6 Å². The first-order chi connectivity index (χ1) is 8.88. The van der Waals surface area contributed by atoms with E-state index in [0.29, 0.717) is 6.04 Å². The van der Waals surface area contributed by atoms with Crippen LogP contribution in [0, 0.1) is 5.92 Å². The molecule has 2 heteroatoms. The minimum atomic E-state index is 0.693. The van der Waals surface area contributed by atoms with E-state index in [9.17, 15) is 0 Å². The Morgan fingerprint density at radius 1 is 1.39 bits per heavy atom. The first-order valence-corrected chi connectivity index (χ1v) is 7.50. The van der Waals surface area contributed by atoms with Gasteiger partial charge in [0.1, 0.15) is 0 Å². The summed E-state index contributed by atoms with van der Waals surface area (Å²) in [6.07, 6.45) is 13.4. The van der Waals surface area contributed by atoms with E-state index in [1.54, 1.807) is 0 Å². The Morgan fingerprint density at radius 3 is 2.89 bits per heavy atom. The predicted octanol–water partition coefficient (Wildman–Crippen LogP) is 3.57. The van der Waals surface area contributed by atoms with Gasteiger partial charge in [0.25, 0.3) is 0 Å². The number of hydrogen-bond acceptors (Lipinski definition) is 2. The van der Waals surface area contributed by atoms with Crippen LogP contribution in [0.5, 0.6) is 0 Å². The lowest BCUT2D eigenvalue weighted by atomic mass is 9.94. The molecule has 1 aromatic heterocycles. The van der Waals surface area contributed by atoms with Crippen LogP contribution in [-0.2, 0) is 6.42 Å². The molecular formula is C16H26N2. The Balaban J connectivity index is 1.78. The van der Waals surface area contributed by atoms with Crippen molar-refractivity contribution in [2.24, 2.45) is 5.92 Å². The van der Waals surface area contributed by atoms with Gasteiger partial charge in [-0.25, -0.2) is 0 Å². The summed E-state index contributed by atoms with van der Waals surface area (Å²) in [5.41, 5.74) is 1.37. The van der Waals surface area contributed by atoms with Gasteiger partial charge in [-0.2, -0.15) is 0 Å². The van der Waals surface area contributed by atoms with Crippen molar-refractivity contribution in [3.8, 4) is 0 Å². The molecule has 1 fully saturated rings. The van der Waals surface area contributed by atoms with Gasteiger partial charge >= 0.3 is 0 Å². The summed E-state index contributed by atoms with van der Waals surface area (Å²) in [6, 6.07) is 4.92. The number of rotatable bonds is 7. The summed E-state index contributed by atoms with van der Waals surface area (Å²) in [4.78, 5) is 4.19. The zero-order valence-electron chi connectivity index (χ0n) is 11.6. The molecule has 1 aromatic rings. The van der Waals surface area contributed by atoms with Crippen LogP contribution >= 0.6 is 0 Å². The summed E-state index contributed by atoms with van der Waals surface area (Å²) >= 11 is 0. The van der Waals surface area contributed by atoms with E-state index in [-0.39, 0.29) is 0 Å². The second-order valence-electron chi connectivity index (χ2n) is 5.54. The molecule has 2 rings (SSSR count). The van der Waals surface area contributed by atoms with Gasteiger partial charge < -0.3 is 5.32 Å². The van der Waals surface area contributed by atoms with Crippen LogP contribution in [0.1, 0.15) is 51.0 Å². The number of aryl methyl sites for hydroxylation is 1. The zero-order chi connectivity index (χ0) is 12.6. The van der Waals surface area contributed by atoms with Crippen molar-refractivity contribution in [2.45, 2.75) is 57.9 Å². The predicted molar refractivity (Wildman–Crippen MR) is 76.6 cm³/mol. The Kier molecular flexibility index (Phi) is 5.66. The Bertz CT molecular complexity index is 317. The van der Waals surface area contributed by atoms with Crippen molar-refractivity contribution in [3.05, 3.63) is 30.1 Å². The molecule has 0 bridgehead atoms. The van der Waals surface area contributed by atoms with E-state index in [1.165, 1.54) is 44.1 Å². The van der Waals surface area contributed by atoms with Gasteiger partial charge in [0.15, 0.2) is 0 Å². The van der Waals surface area contributed by atoms with Crippen LogP contribution < -0.4 is 5.32 Å². The summed E-state index contributed by atoms with van der Waals surface area (Å²) in [5, 5.41) is 3.66. The van der Waals surface area contributed by atoms with Crippen molar-refractivity contribution < 1.29 is 0 Å². The van der Waals surface area contributed by atoms with Crippen LogP contribution in [0.4, 0.5) is 0 Å². The van der Waals surface area contributed by atoms with Gasteiger partial charge in [-0.15, -0.1) is 0 Å². The molecule has 0 aromatic carbocycles. The molecule has 0 radical (unpaired) electrons. The van der Waals surface area contributed by atoms with Gasteiger partial charge in [0, 0.05) is 18.4 Å². The Morgan fingerprint density at radius 2 is 2.22 bits per heavy atom. The number of hydrogen-bond donors (Lipinski definition) is 1. The van der Waals surface area contributed by atoms with E-state index >= 15 is 0 Å². The molecule has 0 saturated heterocycles. The zero-order valence-corrected chi connectivity index (χ0v) is 11.6. The first-order valence-electron chi connectivity index (χ1n) is 7.50. The molecule has 1 heterocycles. The van der Waals surface area contributed by atoms with E-state index in [0.717, 1.165) is 18.9 Å². The fourth-order valence-electron chi connectivity index (χ4n) is 3.13. The largest absolute Gasteiger partial charge is 0.314 e. The molecule has 2 nitrogen and oxygen atoms in total. The average molecular weight is 246 g/mol.